The van der Waals surface area contributed by atoms with Gasteiger partial charge >= 0.3 is 0 Å². The first-order valence-electron chi connectivity index (χ1n) is 11.1. The largest absolute Gasteiger partial charge is 0.507 e. The van der Waals surface area contributed by atoms with E-state index in [9.17, 15) is 14.7 Å². The molecule has 2 aliphatic heterocycles. The van der Waals surface area contributed by atoms with Crippen LogP contribution in [0.5, 0.6) is 5.75 Å². The van der Waals surface area contributed by atoms with Gasteiger partial charge in [0.15, 0.2) is 0 Å². The fraction of sp³-hybridized carbons (Fsp3) is 0.440. The molecule has 0 bridgehead atoms. The molecule has 0 spiro atoms. The van der Waals surface area contributed by atoms with Gasteiger partial charge in [-0.15, -0.1) is 0 Å². The molecule has 32 heavy (non-hydrogen) atoms. The van der Waals surface area contributed by atoms with Crippen molar-refractivity contribution in [3.63, 3.8) is 0 Å². The van der Waals surface area contributed by atoms with Gasteiger partial charge in [-0.2, -0.15) is 0 Å². The van der Waals surface area contributed by atoms with Crippen molar-refractivity contribution >= 4 is 17.4 Å². The summed E-state index contributed by atoms with van der Waals surface area (Å²) in [6, 6.07) is 6.67. The van der Waals surface area contributed by atoms with Crippen LogP contribution in [0.4, 0.5) is 0 Å². The molecule has 1 aromatic carbocycles. The van der Waals surface area contributed by atoms with Gasteiger partial charge in [-0.05, 0) is 58.3 Å². The summed E-state index contributed by atoms with van der Waals surface area (Å²) in [6.07, 6.45) is 2.31. The topological polar surface area (TPSA) is 85.9 Å². The van der Waals surface area contributed by atoms with Crippen molar-refractivity contribution in [1.82, 2.24) is 14.8 Å². The first-order valence-corrected chi connectivity index (χ1v) is 11.1. The number of benzene rings is 1. The number of likely N-dealkylation sites (tertiary alicyclic amines) is 2. The molecular formula is C25H31N3O4. The number of para-hydroxylation sites is 1. The number of ketones is 1. The van der Waals surface area contributed by atoms with Gasteiger partial charge in [-0.1, -0.05) is 18.2 Å². The van der Waals surface area contributed by atoms with Crippen molar-refractivity contribution in [3.8, 4) is 5.75 Å². The number of hydrogen-bond acceptors (Lipinski definition) is 5. The summed E-state index contributed by atoms with van der Waals surface area (Å²) in [5.41, 5.74) is 3.94. The molecule has 1 unspecified atom stereocenters. The van der Waals surface area contributed by atoms with Crippen LogP contribution < -0.4 is 4.74 Å². The maximum absolute atomic E-state index is 13.3. The van der Waals surface area contributed by atoms with Gasteiger partial charge in [0.2, 0.25) is 0 Å². The number of carbonyl (C=O) groups is 2. The Kier molecular flexibility index (Phi) is 6.11. The fourth-order valence-corrected chi connectivity index (χ4v) is 4.98. The number of methoxy groups -OCH3 is 1. The Balaban J connectivity index is 1.85. The number of nitrogens with zero attached hydrogens (tertiary/aromatic N) is 2. The standard InChI is InChI=1S/C25H31N3O4/c1-15-16(2)26-17(3)20(15)23(29)21-22(18-9-5-6-10-19(18)32-4)28(25(31)24(21)30)14-13-27-11-7-8-12-27/h5-6,9-10,22,26,29H,7-8,11-14H2,1-4H3/b23-21+. The molecule has 2 aromatic rings. The van der Waals surface area contributed by atoms with Crippen LogP contribution in [0, 0.1) is 20.8 Å². The molecule has 1 atom stereocenters. The second kappa shape index (κ2) is 8.82. The number of aryl methyl sites for hydroxylation is 2. The van der Waals surface area contributed by atoms with Gasteiger partial charge < -0.3 is 24.6 Å². The number of Topliss-reactive ketones (excluding diaryl/α,β-unsaturated/α-hetero) is 1. The van der Waals surface area contributed by atoms with Crippen LogP contribution in [0.3, 0.4) is 0 Å². The lowest BCUT2D eigenvalue weighted by molar-refractivity contribution is -0.140. The molecule has 0 radical (unpaired) electrons. The van der Waals surface area contributed by atoms with Crippen molar-refractivity contribution in [3.05, 3.63) is 57.9 Å². The molecule has 4 rings (SSSR count). The summed E-state index contributed by atoms with van der Waals surface area (Å²) in [5.74, 6) is -0.792. The SMILES string of the molecule is COc1ccccc1C1/C(=C(\O)c2c(C)[nH]c(C)c2C)C(=O)C(=O)N1CCN1CCCC1. The van der Waals surface area contributed by atoms with Gasteiger partial charge in [0.1, 0.15) is 11.5 Å². The highest BCUT2D eigenvalue weighted by molar-refractivity contribution is 6.46. The number of ether oxygens (including phenoxy) is 1. The van der Waals surface area contributed by atoms with Gasteiger partial charge in [0, 0.05) is 35.6 Å². The fourth-order valence-electron chi connectivity index (χ4n) is 4.98. The molecule has 1 aromatic heterocycles. The van der Waals surface area contributed by atoms with Gasteiger partial charge in [-0.25, -0.2) is 0 Å². The summed E-state index contributed by atoms with van der Waals surface area (Å²) in [4.78, 5) is 33.6. The minimum Gasteiger partial charge on any atom is -0.507 e. The molecule has 0 saturated carbocycles. The molecule has 0 aliphatic carbocycles. The highest BCUT2D eigenvalue weighted by atomic mass is 16.5. The maximum atomic E-state index is 13.3. The maximum Gasteiger partial charge on any atom is 0.295 e. The lowest BCUT2D eigenvalue weighted by atomic mass is 9.93. The monoisotopic (exact) mass is 437 g/mol. The van der Waals surface area contributed by atoms with Crippen molar-refractivity contribution < 1.29 is 19.4 Å². The molecule has 3 heterocycles. The number of carbonyl (C=O) groups excluding carboxylic acids is 2. The second-order valence-corrected chi connectivity index (χ2v) is 8.66. The van der Waals surface area contributed by atoms with Crippen molar-refractivity contribution in [1.29, 1.82) is 0 Å². The van der Waals surface area contributed by atoms with E-state index in [-0.39, 0.29) is 11.3 Å². The smallest absolute Gasteiger partial charge is 0.295 e. The van der Waals surface area contributed by atoms with Crippen LogP contribution in [0.25, 0.3) is 5.76 Å². The normalized spacial score (nSPS) is 21.0. The van der Waals surface area contributed by atoms with Crippen LogP contribution in [0.1, 0.15) is 47.0 Å². The average Bonchev–Trinajstić information content (AvgIpc) is 3.45. The van der Waals surface area contributed by atoms with Gasteiger partial charge in [-0.3, -0.25) is 9.59 Å². The predicted octanol–water partition coefficient (Wildman–Crippen LogP) is 3.47. The quantitative estimate of drug-likeness (QED) is 0.411. The lowest BCUT2D eigenvalue weighted by Gasteiger charge is -2.28. The number of H-pyrrole nitrogens is 1. The van der Waals surface area contributed by atoms with Crippen molar-refractivity contribution in [2.24, 2.45) is 0 Å². The highest BCUT2D eigenvalue weighted by Crippen LogP contribution is 2.43. The molecule has 1 amide bonds. The Morgan fingerprint density at radius 1 is 1.09 bits per heavy atom. The van der Waals surface area contributed by atoms with Crippen LogP contribution in [0.15, 0.2) is 29.8 Å². The lowest BCUT2D eigenvalue weighted by Crippen LogP contribution is -2.37. The molecule has 2 fully saturated rings. The van der Waals surface area contributed by atoms with Gasteiger partial charge in [0.05, 0.1) is 18.7 Å². The van der Waals surface area contributed by atoms with Crippen LogP contribution in [-0.2, 0) is 9.59 Å². The zero-order valence-corrected chi connectivity index (χ0v) is 19.2. The van der Waals surface area contributed by atoms with E-state index in [4.69, 9.17) is 4.74 Å². The van der Waals surface area contributed by atoms with E-state index in [1.807, 2.05) is 45.0 Å². The molecule has 7 heteroatoms. The summed E-state index contributed by atoms with van der Waals surface area (Å²) in [6.45, 7) is 8.79. The Hall–Kier alpha value is -3.06. The predicted molar refractivity (Wildman–Crippen MR) is 123 cm³/mol. The van der Waals surface area contributed by atoms with Crippen molar-refractivity contribution in [2.75, 3.05) is 33.3 Å². The Morgan fingerprint density at radius 2 is 1.78 bits per heavy atom. The van der Waals surface area contributed by atoms with Crippen molar-refractivity contribution in [2.45, 2.75) is 39.7 Å². The number of aliphatic hydroxyl groups is 1. The molecule has 2 aliphatic rings. The van der Waals surface area contributed by atoms with E-state index in [1.165, 1.54) is 0 Å². The number of aromatic amines is 1. The third-order valence-corrected chi connectivity index (χ3v) is 6.75. The van der Waals surface area contributed by atoms with Crippen LogP contribution in [-0.4, -0.2) is 64.9 Å². The Bertz CT molecular complexity index is 1080. The number of aliphatic hydroxyl groups excluding tert-OH is 1. The van der Waals surface area contributed by atoms with E-state index < -0.39 is 17.7 Å². The summed E-state index contributed by atoms with van der Waals surface area (Å²) in [7, 11) is 1.57. The third kappa shape index (κ3) is 3.71. The van der Waals surface area contributed by atoms with Gasteiger partial charge in [0.25, 0.3) is 11.7 Å². The molecule has 7 nitrogen and oxygen atoms in total. The summed E-state index contributed by atoms with van der Waals surface area (Å²) in [5, 5.41) is 11.4. The van der Waals surface area contributed by atoms with E-state index in [2.05, 4.69) is 9.88 Å². The third-order valence-electron chi connectivity index (χ3n) is 6.75. The summed E-state index contributed by atoms with van der Waals surface area (Å²) < 4.78 is 5.57. The number of aromatic nitrogens is 1. The van der Waals surface area contributed by atoms with E-state index in [0.29, 0.717) is 30.0 Å². The number of nitrogens with one attached hydrogen (secondary N) is 1. The van der Waals surface area contributed by atoms with Crippen LogP contribution in [0.2, 0.25) is 0 Å². The molecule has 2 saturated heterocycles. The zero-order chi connectivity index (χ0) is 23.0. The first-order chi connectivity index (χ1) is 15.3. The van der Waals surface area contributed by atoms with E-state index >= 15 is 0 Å². The number of amides is 1. The molecule has 170 valence electrons. The number of rotatable bonds is 6. The zero-order valence-electron chi connectivity index (χ0n) is 19.2. The Labute approximate surface area is 188 Å². The van der Waals surface area contributed by atoms with E-state index in [1.54, 1.807) is 12.0 Å². The number of hydrogen-bond donors (Lipinski definition) is 2. The van der Waals surface area contributed by atoms with E-state index in [0.717, 1.165) is 42.9 Å². The average molecular weight is 438 g/mol. The first kappa shape index (κ1) is 22.1. The molecular weight excluding hydrogens is 406 g/mol. The second-order valence-electron chi connectivity index (χ2n) is 8.66. The highest BCUT2D eigenvalue weighted by Gasteiger charge is 2.47. The Morgan fingerprint density at radius 3 is 2.41 bits per heavy atom. The molecule has 2 N–H and O–H groups in total. The van der Waals surface area contributed by atoms with Crippen LogP contribution >= 0.6 is 0 Å². The summed E-state index contributed by atoms with van der Waals surface area (Å²) >= 11 is 0. The minimum absolute atomic E-state index is 0.117. The minimum atomic E-state index is -0.706.